The Kier molecular flexibility index (Phi) is 6.34. The summed E-state index contributed by atoms with van der Waals surface area (Å²) in [5.41, 5.74) is 6.29. The van der Waals surface area contributed by atoms with E-state index < -0.39 is 5.60 Å². The normalized spacial score (nSPS) is 20.2. The van der Waals surface area contributed by atoms with Crippen LogP contribution in [0.1, 0.15) is 56.8 Å². The van der Waals surface area contributed by atoms with Gasteiger partial charge in [-0.05, 0) is 64.7 Å². The minimum Gasteiger partial charge on any atom is -0.495 e. The number of carbonyl (C=O) groups excluding carboxylic acids is 2. The number of amides is 2. The largest absolute Gasteiger partial charge is 0.495 e. The molecule has 7 heteroatoms. The van der Waals surface area contributed by atoms with Gasteiger partial charge in [0.25, 0.3) is 5.91 Å². The van der Waals surface area contributed by atoms with Gasteiger partial charge in [0.2, 0.25) is 0 Å². The molecule has 0 atom stereocenters. The van der Waals surface area contributed by atoms with Gasteiger partial charge in [-0.15, -0.1) is 0 Å². The van der Waals surface area contributed by atoms with E-state index in [4.69, 9.17) is 15.2 Å². The van der Waals surface area contributed by atoms with E-state index in [-0.39, 0.29) is 24.1 Å². The second kappa shape index (κ2) is 8.29. The molecule has 144 valence electrons. The highest BCUT2D eigenvalue weighted by atomic mass is 16.6. The number of anilines is 1. The summed E-state index contributed by atoms with van der Waals surface area (Å²) in [4.78, 5) is 24.2. The second-order valence-electron chi connectivity index (χ2n) is 7.62. The average Bonchev–Trinajstić information content (AvgIpc) is 2.55. The first-order chi connectivity index (χ1) is 12.2. The quantitative estimate of drug-likeness (QED) is 0.714. The molecule has 1 fully saturated rings. The lowest BCUT2D eigenvalue weighted by Crippen LogP contribution is -2.45. The molecule has 0 saturated heterocycles. The molecule has 1 aromatic carbocycles. The van der Waals surface area contributed by atoms with Crippen molar-refractivity contribution in [3.8, 4) is 5.75 Å². The number of hydrogen-bond acceptors (Lipinski definition) is 5. The van der Waals surface area contributed by atoms with Crippen LogP contribution in [0.15, 0.2) is 18.2 Å². The van der Waals surface area contributed by atoms with Gasteiger partial charge < -0.3 is 25.8 Å². The molecule has 7 nitrogen and oxygen atoms in total. The lowest BCUT2D eigenvalue weighted by atomic mass is 9.91. The van der Waals surface area contributed by atoms with Gasteiger partial charge in [-0.3, -0.25) is 4.79 Å². The molecule has 1 aromatic rings. The van der Waals surface area contributed by atoms with Gasteiger partial charge in [0, 0.05) is 17.6 Å². The van der Waals surface area contributed by atoms with Gasteiger partial charge in [0.15, 0.2) is 0 Å². The topological polar surface area (TPSA) is 103 Å². The van der Waals surface area contributed by atoms with Gasteiger partial charge in [0.05, 0.1) is 12.8 Å². The second-order valence-corrected chi connectivity index (χ2v) is 7.62. The third-order valence-electron chi connectivity index (χ3n) is 4.28. The fourth-order valence-corrected chi connectivity index (χ4v) is 2.98. The first-order valence-electron chi connectivity index (χ1n) is 8.92. The number of nitrogens with two attached hydrogens (primary N) is 1. The minimum absolute atomic E-state index is 0.0784. The Hall–Kier alpha value is -2.44. The van der Waals surface area contributed by atoms with E-state index in [0.29, 0.717) is 17.0 Å². The van der Waals surface area contributed by atoms with Gasteiger partial charge in [0.1, 0.15) is 11.4 Å². The molecule has 1 aliphatic rings. The van der Waals surface area contributed by atoms with Crippen molar-refractivity contribution in [2.75, 3.05) is 12.8 Å². The number of rotatable bonds is 4. The molecule has 1 aliphatic carbocycles. The first kappa shape index (κ1) is 19.9. The molecule has 0 radical (unpaired) electrons. The third-order valence-corrected chi connectivity index (χ3v) is 4.28. The highest BCUT2D eigenvalue weighted by Crippen LogP contribution is 2.23. The van der Waals surface area contributed by atoms with Gasteiger partial charge in [-0.2, -0.15) is 0 Å². The van der Waals surface area contributed by atoms with E-state index in [1.54, 1.807) is 18.2 Å². The zero-order valence-corrected chi connectivity index (χ0v) is 15.9. The van der Waals surface area contributed by atoms with Crippen LogP contribution in [-0.2, 0) is 4.74 Å². The summed E-state index contributed by atoms with van der Waals surface area (Å²) in [6.45, 7) is 5.52. The molecular weight excluding hydrogens is 334 g/mol. The molecule has 2 amide bonds. The van der Waals surface area contributed by atoms with Crippen LogP contribution in [0.4, 0.5) is 10.5 Å². The predicted molar refractivity (Wildman–Crippen MR) is 100 cm³/mol. The molecule has 0 spiro atoms. The maximum Gasteiger partial charge on any atom is 0.407 e. The van der Waals surface area contributed by atoms with Crippen LogP contribution in [0.3, 0.4) is 0 Å². The summed E-state index contributed by atoms with van der Waals surface area (Å²) >= 11 is 0. The number of carbonyl (C=O) groups is 2. The Morgan fingerprint density at radius 1 is 1.08 bits per heavy atom. The highest BCUT2D eigenvalue weighted by Gasteiger charge is 2.25. The SMILES string of the molecule is COc1cc(C(=O)NC2CCC(NC(=O)OC(C)(C)C)CC2)ccc1N. The van der Waals surface area contributed by atoms with Crippen molar-refractivity contribution < 1.29 is 19.1 Å². The van der Waals surface area contributed by atoms with Crippen LogP contribution in [-0.4, -0.2) is 36.8 Å². The first-order valence-corrected chi connectivity index (χ1v) is 8.92. The Morgan fingerprint density at radius 2 is 1.65 bits per heavy atom. The van der Waals surface area contributed by atoms with Gasteiger partial charge >= 0.3 is 6.09 Å². The number of nitrogen functional groups attached to an aromatic ring is 1. The van der Waals surface area contributed by atoms with E-state index in [9.17, 15) is 9.59 Å². The summed E-state index contributed by atoms with van der Waals surface area (Å²) in [5, 5.41) is 5.94. The van der Waals surface area contributed by atoms with Gasteiger partial charge in [-0.25, -0.2) is 4.79 Å². The standard InChI is InChI=1S/C19H29N3O4/c1-19(2,3)26-18(24)22-14-8-6-13(7-9-14)21-17(23)12-5-10-15(20)16(11-12)25-4/h5,10-11,13-14H,6-9,20H2,1-4H3,(H,21,23)(H,22,24). The number of nitrogens with one attached hydrogen (secondary N) is 2. The fraction of sp³-hybridized carbons (Fsp3) is 0.579. The molecular formula is C19H29N3O4. The number of hydrogen-bond donors (Lipinski definition) is 3. The molecule has 2 rings (SSSR count). The zero-order valence-electron chi connectivity index (χ0n) is 15.9. The van der Waals surface area contributed by atoms with Crippen molar-refractivity contribution in [3.05, 3.63) is 23.8 Å². The van der Waals surface area contributed by atoms with Crippen LogP contribution < -0.4 is 21.1 Å². The maximum absolute atomic E-state index is 12.4. The average molecular weight is 363 g/mol. The summed E-state index contributed by atoms with van der Waals surface area (Å²) in [7, 11) is 1.52. The minimum atomic E-state index is -0.505. The molecule has 0 unspecified atom stereocenters. The smallest absolute Gasteiger partial charge is 0.407 e. The van der Waals surface area contributed by atoms with Crippen molar-refractivity contribution >= 4 is 17.7 Å². The molecule has 0 bridgehead atoms. The number of alkyl carbamates (subject to hydrolysis) is 1. The number of benzene rings is 1. The Labute approximate surface area is 154 Å². The molecule has 4 N–H and O–H groups in total. The van der Waals surface area contributed by atoms with Gasteiger partial charge in [-0.1, -0.05) is 0 Å². The molecule has 0 aromatic heterocycles. The monoisotopic (exact) mass is 363 g/mol. The van der Waals surface area contributed by atoms with E-state index in [2.05, 4.69) is 10.6 Å². The summed E-state index contributed by atoms with van der Waals surface area (Å²) in [6.07, 6.45) is 2.82. The van der Waals surface area contributed by atoms with Crippen LogP contribution >= 0.6 is 0 Å². The maximum atomic E-state index is 12.4. The van der Waals surface area contributed by atoms with E-state index in [0.717, 1.165) is 25.7 Å². The van der Waals surface area contributed by atoms with Crippen molar-refractivity contribution in [3.63, 3.8) is 0 Å². The van der Waals surface area contributed by atoms with E-state index in [1.807, 2.05) is 20.8 Å². The molecule has 0 heterocycles. The van der Waals surface area contributed by atoms with Crippen LogP contribution in [0.25, 0.3) is 0 Å². The molecule has 26 heavy (non-hydrogen) atoms. The van der Waals surface area contributed by atoms with Crippen molar-refractivity contribution in [1.29, 1.82) is 0 Å². The number of methoxy groups -OCH3 is 1. The Bertz CT molecular complexity index is 647. The molecule has 0 aliphatic heterocycles. The predicted octanol–water partition coefficient (Wildman–Crippen LogP) is 2.84. The van der Waals surface area contributed by atoms with Crippen LogP contribution in [0.5, 0.6) is 5.75 Å². The summed E-state index contributed by atoms with van der Waals surface area (Å²) < 4.78 is 10.4. The van der Waals surface area contributed by atoms with Crippen LogP contribution in [0, 0.1) is 0 Å². The zero-order chi connectivity index (χ0) is 19.3. The fourth-order valence-electron chi connectivity index (χ4n) is 2.98. The Morgan fingerprint density at radius 3 is 2.19 bits per heavy atom. The Balaban J connectivity index is 1.81. The van der Waals surface area contributed by atoms with Crippen molar-refractivity contribution in [1.82, 2.24) is 10.6 Å². The lowest BCUT2D eigenvalue weighted by molar-refractivity contribution is 0.0488. The van der Waals surface area contributed by atoms with Crippen molar-refractivity contribution in [2.45, 2.75) is 64.1 Å². The lowest BCUT2D eigenvalue weighted by Gasteiger charge is -2.30. The van der Waals surface area contributed by atoms with Crippen LogP contribution in [0.2, 0.25) is 0 Å². The van der Waals surface area contributed by atoms with E-state index in [1.165, 1.54) is 7.11 Å². The molecule has 1 saturated carbocycles. The summed E-state index contributed by atoms with van der Waals surface area (Å²) in [6, 6.07) is 5.15. The highest BCUT2D eigenvalue weighted by molar-refractivity contribution is 5.95. The number of ether oxygens (including phenoxy) is 2. The van der Waals surface area contributed by atoms with E-state index >= 15 is 0 Å². The third kappa shape index (κ3) is 5.82. The van der Waals surface area contributed by atoms with Crippen molar-refractivity contribution in [2.24, 2.45) is 0 Å². The summed E-state index contributed by atoms with van der Waals surface area (Å²) in [5.74, 6) is 0.342.